The van der Waals surface area contributed by atoms with Gasteiger partial charge in [-0.25, -0.2) is 9.78 Å². The molecule has 0 fully saturated rings. The van der Waals surface area contributed by atoms with Crippen LogP contribution in [0.5, 0.6) is 0 Å². The number of halogens is 3. The Morgan fingerprint density at radius 3 is 2.40 bits per heavy atom. The normalized spacial score (nSPS) is 11.5. The van der Waals surface area contributed by atoms with Crippen molar-refractivity contribution in [1.29, 1.82) is 0 Å². The van der Waals surface area contributed by atoms with Crippen molar-refractivity contribution in [2.45, 2.75) is 32.5 Å². The molecular weight excluding hydrogens is 401 g/mol. The van der Waals surface area contributed by atoms with Gasteiger partial charge >= 0.3 is 12.3 Å². The van der Waals surface area contributed by atoms with Crippen LogP contribution in [0.3, 0.4) is 0 Å². The van der Waals surface area contributed by atoms with E-state index in [4.69, 9.17) is 4.74 Å². The number of benzene rings is 1. The van der Waals surface area contributed by atoms with Crippen molar-refractivity contribution in [3.8, 4) is 0 Å². The molecule has 10 heteroatoms. The minimum absolute atomic E-state index is 0.214. The molecule has 0 aliphatic rings. The molecule has 162 valence electrons. The molecule has 2 rings (SSSR count). The van der Waals surface area contributed by atoms with Gasteiger partial charge in [0.1, 0.15) is 11.4 Å². The Balaban J connectivity index is 1.81. The number of aromatic nitrogens is 1. The summed E-state index contributed by atoms with van der Waals surface area (Å²) in [6, 6.07) is 8.47. The van der Waals surface area contributed by atoms with Gasteiger partial charge in [0.2, 0.25) is 0 Å². The molecule has 2 amide bonds. The van der Waals surface area contributed by atoms with Crippen LogP contribution in [0.25, 0.3) is 0 Å². The summed E-state index contributed by atoms with van der Waals surface area (Å²) >= 11 is 0. The third-order valence-electron chi connectivity index (χ3n) is 3.58. The van der Waals surface area contributed by atoms with Gasteiger partial charge in [0.15, 0.2) is 0 Å². The molecule has 0 bridgehead atoms. The standard InChI is InChI=1S/C20H23F3N4O3/c1-19(2,3)30-18(29)27-15-6-4-5-13(11-15)17(28)25-10-9-24-16-8-7-14(12-26-16)20(21,22)23/h4-8,11-12H,9-10H2,1-3H3,(H,24,26)(H,25,28)(H,27,29). The smallest absolute Gasteiger partial charge is 0.417 e. The maximum Gasteiger partial charge on any atom is 0.417 e. The van der Waals surface area contributed by atoms with E-state index in [9.17, 15) is 22.8 Å². The first kappa shape index (κ1) is 23.0. The van der Waals surface area contributed by atoms with Gasteiger partial charge in [0, 0.05) is 30.5 Å². The molecule has 1 aromatic heterocycles. The molecule has 0 aliphatic carbocycles. The molecule has 0 unspecified atom stereocenters. The highest BCUT2D eigenvalue weighted by molar-refractivity contribution is 5.96. The van der Waals surface area contributed by atoms with Crippen molar-refractivity contribution >= 4 is 23.5 Å². The van der Waals surface area contributed by atoms with Crippen LogP contribution in [0.1, 0.15) is 36.7 Å². The van der Waals surface area contributed by atoms with Crippen LogP contribution in [0.4, 0.5) is 29.5 Å². The Bertz CT molecular complexity index is 878. The number of hydrogen-bond acceptors (Lipinski definition) is 5. The van der Waals surface area contributed by atoms with Crippen LogP contribution < -0.4 is 16.0 Å². The number of carbonyl (C=O) groups excluding carboxylic acids is 2. The summed E-state index contributed by atoms with van der Waals surface area (Å²) in [5.41, 5.74) is -0.741. The molecule has 0 aliphatic heterocycles. The van der Waals surface area contributed by atoms with Crippen molar-refractivity contribution in [3.63, 3.8) is 0 Å². The first-order valence-corrected chi connectivity index (χ1v) is 9.09. The number of rotatable bonds is 6. The summed E-state index contributed by atoms with van der Waals surface area (Å²) < 4.78 is 42.7. The Morgan fingerprint density at radius 1 is 1.07 bits per heavy atom. The molecule has 7 nitrogen and oxygen atoms in total. The second-order valence-electron chi connectivity index (χ2n) is 7.32. The number of alkyl halides is 3. The molecular formula is C20H23F3N4O3. The average Bonchev–Trinajstić information content (AvgIpc) is 2.63. The first-order valence-electron chi connectivity index (χ1n) is 9.09. The number of ether oxygens (including phenoxy) is 1. The quantitative estimate of drug-likeness (QED) is 0.602. The topological polar surface area (TPSA) is 92.3 Å². The van der Waals surface area contributed by atoms with Gasteiger partial charge in [-0.2, -0.15) is 13.2 Å². The van der Waals surface area contributed by atoms with E-state index in [1.807, 2.05) is 0 Å². The molecule has 1 aromatic carbocycles. The van der Waals surface area contributed by atoms with E-state index in [1.165, 1.54) is 12.1 Å². The Labute approximate surface area is 172 Å². The van der Waals surface area contributed by atoms with Crippen LogP contribution >= 0.6 is 0 Å². The summed E-state index contributed by atoms with van der Waals surface area (Å²) in [6.07, 6.45) is -4.33. The average molecular weight is 424 g/mol. The number of hydrogen-bond donors (Lipinski definition) is 3. The van der Waals surface area contributed by atoms with Gasteiger partial charge in [0.25, 0.3) is 5.91 Å². The SMILES string of the molecule is CC(C)(C)OC(=O)Nc1cccc(C(=O)NCCNc2ccc(C(F)(F)F)cn2)c1. The van der Waals surface area contributed by atoms with Crippen LogP contribution in [0.15, 0.2) is 42.6 Å². The fourth-order valence-corrected chi connectivity index (χ4v) is 2.29. The molecule has 30 heavy (non-hydrogen) atoms. The third-order valence-corrected chi connectivity index (χ3v) is 3.58. The lowest BCUT2D eigenvalue weighted by Crippen LogP contribution is -2.29. The fourth-order valence-electron chi connectivity index (χ4n) is 2.29. The second kappa shape index (κ2) is 9.47. The van der Waals surface area contributed by atoms with E-state index in [2.05, 4.69) is 20.9 Å². The third kappa shape index (κ3) is 7.61. The number of nitrogens with zero attached hydrogens (tertiary/aromatic N) is 1. The highest BCUT2D eigenvalue weighted by Crippen LogP contribution is 2.28. The van der Waals surface area contributed by atoms with Crippen LogP contribution in [0, 0.1) is 0 Å². The predicted molar refractivity (Wildman–Crippen MR) is 106 cm³/mol. The zero-order valence-electron chi connectivity index (χ0n) is 16.8. The maximum atomic E-state index is 12.5. The van der Waals surface area contributed by atoms with Gasteiger partial charge in [-0.1, -0.05) is 6.07 Å². The zero-order chi connectivity index (χ0) is 22.4. The molecule has 1 heterocycles. The van der Waals surface area contributed by atoms with Gasteiger partial charge in [-0.05, 0) is 51.1 Å². The second-order valence-corrected chi connectivity index (χ2v) is 7.32. The minimum atomic E-state index is -4.44. The minimum Gasteiger partial charge on any atom is -0.444 e. The van der Waals surface area contributed by atoms with Gasteiger partial charge < -0.3 is 15.4 Å². The number of amides is 2. The lowest BCUT2D eigenvalue weighted by molar-refractivity contribution is -0.137. The van der Waals surface area contributed by atoms with Crippen molar-refractivity contribution in [3.05, 3.63) is 53.7 Å². The maximum absolute atomic E-state index is 12.5. The molecule has 0 radical (unpaired) electrons. The van der Waals surface area contributed by atoms with Gasteiger partial charge in [0.05, 0.1) is 5.56 Å². The lowest BCUT2D eigenvalue weighted by Gasteiger charge is -2.19. The van der Waals surface area contributed by atoms with Crippen molar-refractivity contribution in [1.82, 2.24) is 10.3 Å². The highest BCUT2D eigenvalue weighted by atomic mass is 19.4. The molecule has 0 saturated carbocycles. The summed E-state index contributed by atoms with van der Waals surface area (Å²) in [5.74, 6) is -0.106. The Hall–Kier alpha value is -3.30. The highest BCUT2D eigenvalue weighted by Gasteiger charge is 2.30. The number of pyridine rings is 1. The molecule has 0 atom stereocenters. The van der Waals surface area contributed by atoms with E-state index < -0.39 is 23.4 Å². The van der Waals surface area contributed by atoms with E-state index in [1.54, 1.807) is 39.0 Å². The molecule has 0 saturated heterocycles. The van der Waals surface area contributed by atoms with Crippen LogP contribution in [-0.2, 0) is 10.9 Å². The van der Waals surface area contributed by atoms with Crippen LogP contribution in [-0.4, -0.2) is 35.7 Å². The van der Waals surface area contributed by atoms with Crippen LogP contribution in [0.2, 0.25) is 0 Å². The van der Waals surface area contributed by atoms with E-state index >= 15 is 0 Å². The van der Waals surface area contributed by atoms with Crippen molar-refractivity contribution < 1.29 is 27.5 Å². The molecule has 0 spiro atoms. The summed E-state index contributed by atoms with van der Waals surface area (Å²) in [5, 5.41) is 8.05. The first-order chi connectivity index (χ1) is 13.9. The summed E-state index contributed by atoms with van der Waals surface area (Å²) in [4.78, 5) is 27.8. The summed E-state index contributed by atoms with van der Waals surface area (Å²) in [6.45, 7) is 5.70. The van der Waals surface area contributed by atoms with Gasteiger partial charge in [-0.3, -0.25) is 10.1 Å². The summed E-state index contributed by atoms with van der Waals surface area (Å²) in [7, 11) is 0. The molecule has 3 N–H and O–H groups in total. The van der Waals surface area contributed by atoms with E-state index in [0.29, 0.717) is 11.3 Å². The largest absolute Gasteiger partial charge is 0.444 e. The van der Waals surface area contributed by atoms with Gasteiger partial charge in [-0.15, -0.1) is 0 Å². The Morgan fingerprint density at radius 2 is 1.80 bits per heavy atom. The monoisotopic (exact) mass is 424 g/mol. The van der Waals surface area contributed by atoms with Crippen molar-refractivity contribution in [2.75, 3.05) is 23.7 Å². The lowest BCUT2D eigenvalue weighted by atomic mass is 10.2. The Kier molecular flexibility index (Phi) is 7.25. The number of carbonyl (C=O) groups is 2. The fraction of sp³-hybridized carbons (Fsp3) is 0.350. The molecule has 2 aromatic rings. The van der Waals surface area contributed by atoms with Crippen molar-refractivity contribution in [2.24, 2.45) is 0 Å². The van der Waals surface area contributed by atoms with E-state index in [-0.39, 0.29) is 24.8 Å². The zero-order valence-corrected chi connectivity index (χ0v) is 16.8. The van der Waals surface area contributed by atoms with E-state index in [0.717, 1.165) is 12.3 Å². The number of nitrogens with one attached hydrogen (secondary N) is 3. The predicted octanol–water partition coefficient (Wildman–Crippen LogP) is 4.29. The number of anilines is 2.